The zero-order valence-electron chi connectivity index (χ0n) is 15.0. The molecular formula is C19H28N2O3. The summed E-state index contributed by atoms with van der Waals surface area (Å²) in [5.74, 6) is 0.113. The van der Waals surface area contributed by atoms with Gasteiger partial charge in [0.15, 0.2) is 0 Å². The van der Waals surface area contributed by atoms with Crippen molar-refractivity contribution in [3.63, 3.8) is 0 Å². The Labute approximate surface area is 144 Å². The Morgan fingerprint density at radius 2 is 1.83 bits per heavy atom. The number of carbonyl (C=O) groups excluding carboxylic acids is 2. The van der Waals surface area contributed by atoms with Gasteiger partial charge in [-0.2, -0.15) is 0 Å². The molecule has 2 amide bonds. The Morgan fingerprint density at radius 3 is 2.42 bits per heavy atom. The second-order valence-corrected chi connectivity index (χ2v) is 6.80. The van der Waals surface area contributed by atoms with Crippen LogP contribution in [0.15, 0.2) is 24.3 Å². The summed E-state index contributed by atoms with van der Waals surface area (Å²) in [6, 6.07) is 7.23. The lowest BCUT2D eigenvalue weighted by atomic mass is 10.0. The normalized spacial score (nSPS) is 18.2. The van der Waals surface area contributed by atoms with E-state index in [0.29, 0.717) is 24.8 Å². The fraction of sp³-hybridized carbons (Fsp3) is 0.579. The topological polar surface area (TPSA) is 58.6 Å². The molecule has 2 rings (SSSR count). The predicted octanol–water partition coefficient (Wildman–Crippen LogP) is 2.85. The minimum atomic E-state index is -0.429. The predicted molar refractivity (Wildman–Crippen MR) is 95.1 cm³/mol. The number of imide groups is 1. The fourth-order valence-corrected chi connectivity index (χ4v) is 2.74. The fourth-order valence-electron chi connectivity index (χ4n) is 2.74. The third-order valence-electron chi connectivity index (χ3n) is 4.13. The number of hydrogen-bond donors (Lipinski definition) is 1. The third kappa shape index (κ3) is 4.65. The molecule has 1 unspecified atom stereocenters. The molecule has 1 aromatic rings. The molecule has 5 nitrogen and oxygen atoms in total. The summed E-state index contributed by atoms with van der Waals surface area (Å²) in [6.45, 7) is 9.54. The van der Waals surface area contributed by atoms with Gasteiger partial charge >= 0.3 is 0 Å². The average molecular weight is 332 g/mol. The molecule has 1 heterocycles. The molecule has 1 saturated heterocycles. The van der Waals surface area contributed by atoms with E-state index in [1.165, 1.54) is 10.5 Å². The SMILES string of the molecule is CC(C)OCCCNC1CC(=O)N(c2ccc(C(C)C)cc2)C1=O. The zero-order valence-corrected chi connectivity index (χ0v) is 15.0. The third-order valence-corrected chi connectivity index (χ3v) is 4.13. The number of benzene rings is 1. The number of rotatable bonds is 8. The Morgan fingerprint density at radius 1 is 1.17 bits per heavy atom. The maximum Gasteiger partial charge on any atom is 0.251 e. The minimum Gasteiger partial charge on any atom is -0.379 e. The van der Waals surface area contributed by atoms with Crippen LogP contribution in [0.3, 0.4) is 0 Å². The van der Waals surface area contributed by atoms with Crippen LogP contribution in [0.25, 0.3) is 0 Å². The van der Waals surface area contributed by atoms with Crippen molar-refractivity contribution in [2.45, 2.75) is 58.6 Å². The van der Waals surface area contributed by atoms with Crippen LogP contribution in [0, 0.1) is 0 Å². The molecule has 1 aliphatic rings. The number of ether oxygens (including phenoxy) is 1. The lowest BCUT2D eigenvalue weighted by Crippen LogP contribution is -2.39. The summed E-state index contributed by atoms with van der Waals surface area (Å²) in [5, 5.41) is 3.17. The van der Waals surface area contributed by atoms with Gasteiger partial charge in [-0.1, -0.05) is 26.0 Å². The smallest absolute Gasteiger partial charge is 0.251 e. The van der Waals surface area contributed by atoms with E-state index < -0.39 is 6.04 Å². The highest BCUT2D eigenvalue weighted by Crippen LogP contribution is 2.25. The summed E-state index contributed by atoms with van der Waals surface area (Å²) < 4.78 is 5.47. The summed E-state index contributed by atoms with van der Waals surface area (Å²) in [5.41, 5.74) is 1.85. The summed E-state index contributed by atoms with van der Waals surface area (Å²) in [7, 11) is 0. The zero-order chi connectivity index (χ0) is 17.7. The number of amides is 2. The number of hydrogen-bond acceptors (Lipinski definition) is 4. The molecule has 1 N–H and O–H groups in total. The van der Waals surface area contributed by atoms with Crippen LogP contribution in [-0.2, 0) is 14.3 Å². The van der Waals surface area contributed by atoms with E-state index >= 15 is 0 Å². The number of carbonyl (C=O) groups is 2. The molecule has 0 aliphatic carbocycles. The Hall–Kier alpha value is -1.72. The molecule has 132 valence electrons. The number of nitrogens with zero attached hydrogens (tertiary/aromatic N) is 1. The van der Waals surface area contributed by atoms with Gasteiger partial charge in [-0.15, -0.1) is 0 Å². The second-order valence-electron chi connectivity index (χ2n) is 6.80. The van der Waals surface area contributed by atoms with Gasteiger partial charge in [0.25, 0.3) is 5.91 Å². The van der Waals surface area contributed by atoms with Gasteiger partial charge in [0.05, 0.1) is 24.3 Å². The molecule has 1 aromatic carbocycles. The highest BCUT2D eigenvalue weighted by Gasteiger charge is 2.39. The standard InChI is InChI=1S/C19H28N2O3/c1-13(2)15-6-8-16(9-7-15)21-18(22)12-17(19(21)23)20-10-5-11-24-14(3)4/h6-9,13-14,17,20H,5,10-12H2,1-4H3. The summed E-state index contributed by atoms with van der Waals surface area (Å²) in [4.78, 5) is 26.0. The van der Waals surface area contributed by atoms with Crippen LogP contribution in [0.2, 0.25) is 0 Å². The van der Waals surface area contributed by atoms with Gasteiger partial charge in [-0.25, -0.2) is 4.90 Å². The van der Waals surface area contributed by atoms with Crippen molar-refractivity contribution in [2.24, 2.45) is 0 Å². The van der Waals surface area contributed by atoms with E-state index in [4.69, 9.17) is 4.74 Å². The van der Waals surface area contributed by atoms with E-state index in [1.54, 1.807) is 0 Å². The van der Waals surface area contributed by atoms with E-state index in [1.807, 2.05) is 38.1 Å². The molecule has 1 fully saturated rings. The van der Waals surface area contributed by atoms with Gasteiger partial charge in [-0.3, -0.25) is 9.59 Å². The van der Waals surface area contributed by atoms with Crippen LogP contribution < -0.4 is 10.2 Å². The Balaban J connectivity index is 1.91. The van der Waals surface area contributed by atoms with E-state index in [-0.39, 0.29) is 24.3 Å². The molecule has 0 bridgehead atoms. The van der Waals surface area contributed by atoms with Gasteiger partial charge in [-0.05, 0) is 50.4 Å². The average Bonchev–Trinajstić information content (AvgIpc) is 2.81. The number of anilines is 1. The lowest BCUT2D eigenvalue weighted by Gasteiger charge is -2.16. The molecule has 24 heavy (non-hydrogen) atoms. The second kappa shape index (κ2) is 8.40. The van der Waals surface area contributed by atoms with Crippen LogP contribution in [0.1, 0.15) is 52.0 Å². The van der Waals surface area contributed by atoms with Crippen molar-refractivity contribution in [1.82, 2.24) is 5.32 Å². The van der Waals surface area contributed by atoms with Crippen LogP contribution >= 0.6 is 0 Å². The molecular weight excluding hydrogens is 304 g/mol. The van der Waals surface area contributed by atoms with Gasteiger partial charge in [0, 0.05) is 6.61 Å². The lowest BCUT2D eigenvalue weighted by molar-refractivity contribution is -0.121. The van der Waals surface area contributed by atoms with E-state index in [2.05, 4.69) is 19.2 Å². The first-order chi connectivity index (χ1) is 11.4. The van der Waals surface area contributed by atoms with Crippen LogP contribution in [0.5, 0.6) is 0 Å². The van der Waals surface area contributed by atoms with Crippen molar-refractivity contribution < 1.29 is 14.3 Å². The monoisotopic (exact) mass is 332 g/mol. The minimum absolute atomic E-state index is 0.145. The summed E-state index contributed by atoms with van der Waals surface area (Å²) >= 11 is 0. The van der Waals surface area contributed by atoms with Crippen molar-refractivity contribution in [1.29, 1.82) is 0 Å². The van der Waals surface area contributed by atoms with E-state index in [9.17, 15) is 9.59 Å². The van der Waals surface area contributed by atoms with Crippen molar-refractivity contribution in [2.75, 3.05) is 18.1 Å². The van der Waals surface area contributed by atoms with Crippen molar-refractivity contribution in [3.05, 3.63) is 29.8 Å². The first-order valence-electron chi connectivity index (χ1n) is 8.72. The molecule has 1 atom stereocenters. The number of nitrogens with one attached hydrogen (secondary N) is 1. The molecule has 0 aromatic heterocycles. The van der Waals surface area contributed by atoms with Gasteiger partial charge < -0.3 is 10.1 Å². The first-order valence-corrected chi connectivity index (χ1v) is 8.72. The van der Waals surface area contributed by atoms with Crippen LogP contribution in [0.4, 0.5) is 5.69 Å². The van der Waals surface area contributed by atoms with Gasteiger partial charge in [0.2, 0.25) is 5.91 Å². The largest absolute Gasteiger partial charge is 0.379 e. The molecule has 0 radical (unpaired) electrons. The van der Waals surface area contributed by atoms with E-state index in [0.717, 1.165) is 6.42 Å². The maximum atomic E-state index is 12.5. The summed E-state index contributed by atoms with van der Waals surface area (Å²) in [6.07, 6.45) is 1.25. The highest BCUT2D eigenvalue weighted by atomic mass is 16.5. The van der Waals surface area contributed by atoms with Crippen LogP contribution in [-0.4, -0.2) is 37.1 Å². The Kier molecular flexibility index (Phi) is 6.52. The van der Waals surface area contributed by atoms with Gasteiger partial charge in [0.1, 0.15) is 0 Å². The molecule has 0 saturated carbocycles. The maximum absolute atomic E-state index is 12.5. The quantitative estimate of drug-likeness (QED) is 0.587. The van der Waals surface area contributed by atoms with Crippen molar-refractivity contribution in [3.8, 4) is 0 Å². The Bertz CT molecular complexity index is 566. The highest BCUT2D eigenvalue weighted by molar-refractivity contribution is 6.22. The molecule has 0 spiro atoms. The van der Waals surface area contributed by atoms with Crippen molar-refractivity contribution >= 4 is 17.5 Å². The first kappa shape index (κ1) is 18.6. The molecule has 1 aliphatic heterocycles. The molecule has 5 heteroatoms.